The van der Waals surface area contributed by atoms with Gasteiger partial charge in [0.1, 0.15) is 0 Å². The molecule has 2 atom stereocenters. The lowest BCUT2D eigenvalue weighted by Gasteiger charge is -2.36. The van der Waals surface area contributed by atoms with Gasteiger partial charge in [0.15, 0.2) is 0 Å². The van der Waals surface area contributed by atoms with Crippen LogP contribution in [0.25, 0.3) is 0 Å². The van der Waals surface area contributed by atoms with E-state index in [1.807, 2.05) is 32.0 Å². The minimum absolute atomic E-state index is 0.0497. The van der Waals surface area contributed by atoms with Crippen molar-refractivity contribution in [1.82, 2.24) is 14.6 Å². The Labute approximate surface area is 195 Å². The van der Waals surface area contributed by atoms with Crippen LogP contribution in [0, 0.1) is 5.92 Å². The molecular formula is C22H29Cl2N3O3S. The van der Waals surface area contributed by atoms with E-state index < -0.39 is 10.0 Å². The summed E-state index contributed by atoms with van der Waals surface area (Å²) < 4.78 is 26.1. The number of nitrogens with zero attached hydrogens (tertiary/aromatic N) is 2. The number of amides is 1. The minimum Gasteiger partial charge on any atom is -0.352 e. The van der Waals surface area contributed by atoms with Crippen molar-refractivity contribution in [2.75, 3.05) is 18.8 Å². The van der Waals surface area contributed by atoms with Crippen LogP contribution in [0.1, 0.15) is 43.5 Å². The molecule has 1 amide bonds. The SMILES string of the molecule is CCCS(=O)(=O)N1CCC(CNC(=O)c2ccc(Cl)cc2Cl)CC1C.c1ccncc1. The van der Waals surface area contributed by atoms with Crippen molar-refractivity contribution < 1.29 is 13.2 Å². The highest BCUT2D eigenvalue weighted by molar-refractivity contribution is 7.89. The maximum absolute atomic E-state index is 12.3. The molecule has 6 nitrogen and oxygen atoms in total. The first-order valence-corrected chi connectivity index (χ1v) is 12.7. The van der Waals surface area contributed by atoms with Gasteiger partial charge in [0.05, 0.1) is 16.3 Å². The topological polar surface area (TPSA) is 79.4 Å². The average molecular weight is 486 g/mol. The molecule has 31 heavy (non-hydrogen) atoms. The van der Waals surface area contributed by atoms with Crippen LogP contribution in [0.5, 0.6) is 0 Å². The highest BCUT2D eigenvalue weighted by Gasteiger charge is 2.32. The molecule has 2 unspecified atom stereocenters. The molecule has 1 aromatic carbocycles. The molecular weight excluding hydrogens is 457 g/mol. The maximum Gasteiger partial charge on any atom is 0.252 e. The summed E-state index contributed by atoms with van der Waals surface area (Å²) in [5.74, 6) is 0.196. The number of pyridine rings is 1. The van der Waals surface area contributed by atoms with Crippen LogP contribution >= 0.6 is 23.2 Å². The largest absolute Gasteiger partial charge is 0.352 e. The molecule has 9 heteroatoms. The summed E-state index contributed by atoms with van der Waals surface area (Å²) in [7, 11) is -3.17. The summed E-state index contributed by atoms with van der Waals surface area (Å²) >= 11 is 11.9. The summed E-state index contributed by atoms with van der Waals surface area (Å²) in [6.07, 6.45) is 5.59. The number of rotatable bonds is 6. The monoisotopic (exact) mass is 485 g/mol. The van der Waals surface area contributed by atoms with Crippen LogP contribution in [-0.2, 0) is 10.0 Å². The molecule has 0 bridgehead atoms. The minimum atomic E-state index is -3.17. The van der Waals surface area contributed by atoms with E-state index in [9.17, 15) is 13.2 Å². The number of hydrogen-bond acceptors (Lipinski definition) is 4. The normalized spacial score (nSPS) is 19.2. The second-order valence-corrected chi connectivity index (χ2v) is 10.4. The first kappa shape index (κ1) is 25.6. The maximum atomic E-state index is 12.3. The predicted octanol–water partition coefficient (Wildman–Crippen LogP) is 4.65. The number of carbonyl (C=O) groups excluding carboxylic acids is 1. The van der Waals surface area contributed by atoms with Crippen LogP contribution in [-0.4, -0.2) is 48.5 Å². The summed E-state index contributed by atoms with van der Waals surface area (Å²) in [6, 6.07) is 10.4. The quantitative estimate of drug-likeness (QED) is 0.645. The van der Waals surface area contributed by atoms with E-state index in [1.165, 1.54) is 6.07 Å². The molecule has 1 aromatic heterocycles. The Bertz CT molecular complexity index is 916. The van der Waals surface area contributed by atoms with Gasteiger partial charge >= 0.3 is 0 Å². The average Bonchev–Trinajstić information content (AvgIpc) is 2.73. The van der Waals surface area contributed by atoms with Gasteiger partial charge in [-0.25, -0.2) is 8.42 Å². The lowest BCUT2D eigenvalue weighted by atomic mass is 9.93. The van der Waals surface area contributed by atoms with Crippen molar-refractivity contribution in [3.63, 3.8) is 0 Å². The van der Waals surface area contributed by atoms with Gasteiger partial charge in [0.2, 0.25) is 10.0 Å². The van der Waals surface area contributed by atoms with Gasteiger partial charge in [-0.1, -0.05) is 36.2 Å². The lowest BCUT2D eigenvalue weighted by molar-refractivity contribution is 0.0936. The molecule has 1 saturated heterocycles. The molecule has 2 heterocycles. The lowest BCUT2D eigenvalue weighted by Crippen LogP contribution is -2.47. The summed E-state index contributed by atoms with van der Waals surface area (Å²) in [5, 5.41) is 3.69. The molecule has 0 saturated carbocycles. The van der Waals surface area contributed by atoms with Crippen LogP contribution in [0.3, 0.4) is 0 Å². The Balaban J connectivity index is 0.000000488. The van der Waals surface area contributed by atoms with E-state index in [2.05, 4.69) is 10.3 Å². The van der Waals surface area contributed by atoms with Gasteiger partial charge in [-0.15, -0.1) is 0 Å². The fraction of sp³-hybridized carbons (Fsp3) is 0.455. The van der Waals surface area contributed by atoms with Crippen molar-refractivity contribution in [3.8, 4) is 0 Å². The predicted molar refractivity (Wildman–Crippen MR) is 126 cm³/mol. The van der Waals surface area contributed by atoms with E-state index in [-0.39, 0.29) is 23.6 Å². The van der Waals surface area contributed by atoms with E-state index in [4.69, 9.17) is 23.2 Å². The summed E-state index contributed by atoms with van der Waals surface area (Å²) in [6.45, 7) is 4.80. The summed E-state index contributed by atoms with van der Waals surface area (Å²) in [4.78, 5) is 16.0. The number of hydrogen-bond donors (Lipinski definition) is 1. The van der Waals surface area contributed by atoms with Gasteiger partial charge in [0, 0.05) is 36.5 Å². The zero-order valence-corrected chi connectivity index (χ0v) is 20.1. The van der Waals surface area contributed by atoms with Gasteiger partial charge in [-0.05, 0) is 62.4 Å². The Hall–Kier alpha value is -1.67. The second-order valence-electron chi connectivity index (χ2n) is 7.52. The first-order valence-electron chi connectivity index (χ1n) is 10.3. The van der Waals surface area contributed by atoms with Crippen LogP contribution in [0.15, 0.2) is 48.8 Å². The molecule has 1 N–H and O–H groups in total. The number of aromatic nitrogens is 1. The third-order valence-electron chi connectivity index (χ3n) is 5.04. The highest BCUT2D eigenvalue weighted by Crippen LogP contribution is 2.26. The molecule has 0 spiro atoms. The molecule has 2 aromatic rings. The van der Waals surface area contributed by atoms with Crippen LogP contribution < -0.4 is 5.32 Å². The molecule has 3 rings (SSSR count). The fourth-order valence-corrected chi connectivity index (χ4v) is 5.80. The third-order valence-corrected chi connectivity index (χ3v) is 7.77. The zero-order chi connectivity index (χ0) is 22.9. The van der Waals surface area contributed by atoms with Crippen LogP contribution in [0.2, 0.25) is 10.0 Å². The van der Waals surface area contributed by atoms with Gasteiger partial charge < -0.3 is 5.32 Å². The molecule has 0 aliphatic carbocycles. The van der Waals surface area contributed by atoms with E-state index in [0.29, 0.717) is 35.1 Å². The number of benzene rings is 1. The molecule has 1 fully saturated rings. The van der Waals surface area contributed by atoms with Crippen LogP contribution in [0.4, 0.5) is 0 Å². The molecule has 0 radical (unpaired) electrons. The van der Waals surface area contributed by atoms with Crippen molar-refractivity contribution in [2.45, 2.75) is 39.2 Å². The Morgan fingerprint density at radius 3 is 2.45 bits per heavy atom. The van der Waals surface area contributed by atoms with E-state index in [1.54, 1.807) is 28.8 Å². The Kier molecular flexibility index (Phi) is 10.2. The number of halogens is 2. The van der Waals surface area contributed by atoms with Gasteiger partial charge in [0.25, 0.3) is 5.91 Å². The first-order chi connectivity index (χ1) is 14.7. The van der Waals surface area contributed by atoms with Gasteiger partial charge in [-0.3, -0.25) is 9.78 Å². The van der Waals surface area contributed by atoms with Crippen molar-refractivity contribution in [2.24, 2.45) is 5.92 Å². The van der Waals surface area contributed by atoms with Crippen molar-refractivity contribution in [3.05, 3.63) is 64.4 Å². The number of carbonyl (C=O) groups is 1. The number of nitrogens with one attached hydrogen (secondary N) is 1. The molecule has 170 valence electrons. The fourth-order valence-electron chi connectivity index (χ4n) is 3.54. The Morgan fingerprint density at radius 1 is 1.23 bits per heavy atom. The molecule has 1 aliphatic heterocycles. The van der Waals surface area contributed by atoms with Gasteiger partial charge in [-0.2, -0.15) is 4.31 Å². The van der Waals surface area contributed by atoms with Crippen molar-refractivity contribution in [1.29, 1.82) is 0 Å². The highest BCUT2D eigenvalue weighted by atomic mass is 35.5. The smallest absolute Gasteiger partial charge is 0.252 e. The van der Waals surface area contributed by atoms with Crippen molar-refractivity contribution >= 4 is 39.1 Å². The number of sulfonamides is 1. The zero-order valence-electron chi connectivity index (χ0n) is 17.8. The number of piperidine rings is 1. The second kappa shape index (κ2) is 12.4. The van der Waals surface area contributed by atoms with E-state index in [0.717, 1.165) is 12.8 Å². The summed E-state index contributed by atoms with van der Waals surface area (Å²) in [5.41, 5.74) is 0.391. The Morgan fingerprint density at radius 2 is 1.94 bits per heavy atom. The van der Waals surface area contributed by atoms with E-state index >= 15 is 0 Å². The molecule has 1 aliphatic rings. The third kappa shape index (κ3) is 8.07. The standard InChI is InChI=1S/C17H24Cl2N2O3S.C5H5N/c1-3-8-25(23,24)21-7-6-13(9-12(21)2)11-20-17(22)15-5-4-14(18)10-16(15)19;1-2-4-6-5-3-1/h4-5,10,12-13H,3,6-9,11H2,1-2H3,(H,20,22);1-5H.